The van der Waals surface area contributed by atoms with Crippen molar-refractivity contribution in [2.75, 3.05) is 18.6 Å². The molecule has 2 aliphatic rings. The number of hydrogen-bond donors (Lipinski definition) is 1. The number of carbonyl (C=O) groups excluding carboxylic acids is 1. The molecule has 2 saturated carbocycles. The van der Waals surface area contributed by atoms with Gasteiger partial charge in [-0.1, -0.05) is 18.2 Å². The zero-order valence-corrected chi connectivity index (χ0v) is 23.0. The number of hydrogen-bond acceptors (Lipinski definition) is 4. The molecular weight excluding hydrogens is 474 g/mol. The van der Waals surface area contributed by atoms with Gasteiger partial charge in [0.15, 0.2) is 0 Å². The molecule has 0 radical (unpaired) electrons. The molecule has 2 aliphatic carbocycles. The minimum atomic E-state index is -0.268. The average molecular weight is 516 g/mol. The van der Waals surface area contributed by atoms with Crippen LogP contribution in [0.1, 0.15) is 74.0 Å². The molecule has 1 N–H and O–H groups in total. The van der Waals surface area contributed by atoms with E-state index in [-0.39, 0.29) is 17.9 Å². The fraction of sp³-hybridized carbons (Fsp3) is 0.500. The maximum absolute atomic E-state index is 13.9. The number of aliphatic hydroxyl groups is 1. The third kappa shape index (κ3) is 5.96. The van der Waals surface area contributed by atoms with E-state index < -0.39 is 0 Å². The highest BCUT2D eigenvalue weighted by molar-refractivity contribution is 5.95. The number of nitrogens with zero attached hydrogens (tertiary/aromatic N) is 3. The molecule has 1 heterocycles. The summed E-state index contributed by atoms with van der Waals surface area (Å²) in [4.78, 5) is 16.0. The van der Waals surface area contributed by atoms with Gasteiger partial charge in [0.2, 0.25) is 5.91 Å². The van der Waals surface area contributed by atoms with Gasteiger partial charge in [-0.2, -0.15) is 5.10 Å². The Labute approximate surface area is 226 Å². The predicted octanol–water partition coefficient (Wildman–Crippen LogP) is 6.36. The summed E-state index contributed by atoms with van der Waals surface area (Å²) in [6, 6.07) is 14.8. The molecule has 6 nitrogen and oxygen atoms in total. The number of benzene rings is 2. The fourth-order valence-corrected chi connectivity index (χ4v) is 6.32. The van der Waals surface area contributed by atoms with E-state index in [2.05, 4.69) is 42.4 Å². The van der Waals surface area contributed by atoms with Crippen LogP contribution < -0.4 is 9.64 Å². The van der Waals surface area contributed by atoms with Gasteiger partial charge in [0.05, 0.1) is 25.1 Å². The van der Waals surface area contributed by atoms with Gasteiger partial charge in [-0.05, 0) is 118 Å². The molecule has 3 aromatic rings. The predicted molar refractivity (Wildman–Crippen MR) is 151 cm³/mol. The van der Waals surface area contributed by atoms with Crippen molar-refractivity contribution in [1.82, 2.24) is 9.78 Å². The van der Waals surface area contributed by atoms with Crippen LogP contribution in [0.15, 0.2) is 54.9 Å². The van der Waals surface area contributed by atoms with Gasteiger partial charge in [0.25, 0.3) is 0 Å². The Hall–Kier alpha value is -3.12. The molecule has 1 aromatic heterocycles. The number of aromatic nitrogens is 2. The molecular formula is C32H41N3O3. The molecule has 0 bridgehead atoms. The highest BCUT2D eigenvalue weighted by atomic mass is 16.5. The third-order valence-electron chi connectivity index (χ3n) is 8.61. The minimum Gasteiger partial charge on any atom is -0.496 e. The second-order valence-corrected chi connectivity index (χ2v) is 11.4. The van der Waals surface area contributed by atoms with Crippen molar-refractivity contribution >= 4 is 11.6 Å². The van der Waals surface area contributed by atoms with Crippen molar-refractivity contribution in [2.24, 2.45) is 11.8 Å². The van der Waals surface area contributed by atoms with Crippen LogP contribution in [-0.4, -0.2) is 40.6 Å². The summed E-state index contributed by atoms with van der Waals surface area (Å²) in [5.74, 6) is 2.16. The van der Waals surface area contributed by atoms with E-state index in [1.807, 2.05) is 41.0 Å². The Morgan fingerprint density at radius 3 is 2.45 bits per heavy atom. The number of ether oxygens (including phenoxy) is 1. The maximum Gasteiger partial charge on any atom is 0.230 e. The Balaban J connectivity index is 1.32. The summed E-state index contributed by atoms with van der Waals surface area (Å²) in [5.41, 5.74) is 5.60. The summed E-state index contributed by atoms with van der Waals surface area (Å²) in [6.45, 7) is 4.89. The van der Waals surface area contributed by atoms with E-state index in [1.54, 1.807) is 7.11 Å². The van der Waals surface area contributed by atoms with Crippen molar-refractivity contribution in [3.63, 3.8) is 0 Å². The molecule has 38 heavy (non-hydrogen) atoms. The van der Waals surface area contributed by atoms with Gasteiger partial charge in [-0.25, -0.2) is 4.68 Å². The lowest BCUT2D eigenvalue weighted by Gasteiger charge is -2.36. The van der Waals surface area contributed by atoms with Gasteiger partial charge in [-0.3, -0.25) is 4.79 Å². The third-order valence-corrected chi connectivity index (χ3v) is 8.61. The Morgan fingerprint density at radius 2 is 1.79 bits per heavy atom. The number of aliphatic hydroxyl groups excluding tert-OH is 1. The Morgan fingerprint density at radius 1 is 1.03 bits per heavy atom. The second kappa shape index (κ2) is 11.7. The normalized spacial score (nSPS) is 23.7. The topological polar surface area (TPSA) is 67.6 Å². The van der Waals surface area contributed by atoms with E-state index in [0.29, 0.717) is 24.7 Å². The first-order chi connectivity index (χ1) is 18.4. The summed E-state index contributed by atoms with van der Waals surface area (Å²) in [6.07, 6.45) is 11.0. The molecule has 5 rings (SSSR count). The maximum atomic E-state index is 13.9. The van der Waals surface area contributed by atoms with Crippen molar-refractivity contribution in [3.05, 3.63) is 71.5 Å². The van der Waals surface area contributed by atoms with Gasteiger partial charge in [0.1, 0.15) is 5.75 Å². The van der Waals surface area contributed by atoms with Gasteiger partial charge < -0.3 is 14.7 Å². The first-order valence-electron chi connectivity index (χ1n) is 14.2. The van der Waals surface area contributed by atoms with Gasteiger partial charge in [0, 0.05) is 24.3 Å². The summed E-state index contributed by atoms with van der Waals surface area (Å²) in [7, 11) is 1.72. The number of anilines is 1. The van der Waals surface area contributed by atoms with Crippen LogP contribution in [0.5, 0.6) is 5.75 Å². The number of amides is 1. The summed E-state index contributed by atoms with van der Waals surface area (Å²) in [5, 5.41) is 14.5. The average Bonchev–Trinajstić information content (AvgIpc) is 3.38. The lowest BCUT2D eigenvalue weighted by Crippen LogP contribution is -2.41. The van der Waals surface area contributed by atoms with Crippen LogP contribution in [0, 0.1) is 25.7 Å². The molecule has 0 aliphatic heterocycles. The van der Waals surface area contributed by atoms with E-state index >= 15 is 0 Å². The van der Waals surface area contributed by atoms with Crippen molar-refractivity contribution in [1.29, 1.82) is 0 Å². The SMILES string of the molecule is COc1ccc([C@H]2CC[C@H](CN(c3cccc(-n4cc(C)cn4)c3)C(=O)[C@H]3CC[C@H](O)CC3)CC2)cc1C. The highest BCUT2D eigenvalue weighted by Crippen LogP contribution is 2.38. The lowest BCUT2D eigenvalue weighted by molar-refractivity contribution is -0.124. The van der Waals surface area contributed by atoms with Crippen LogP contribution in [0.4, 0.5) is 5.69 Å². The molecule has 2 aromatic carbocycles. The quantitative estimate of drug-likeness (QED) is 0.398. The molecule has 202 valence electrons. The lowest BCUT2D eigenvalue weighted by atomic mass is 9.78. The zero-order chi connectivity index (χ0) is 26.6. The van der Waals surface area contributed by atoms with Crippen LogP contribution in [0.3, 0.4) is 0 Å². The summed E-state index contributed by atoms with van der Waals surface area (Å²) >= 11 is 0. The molecule has 0 spiro atoms. The monoisotopic (exact) mass is 515 g/mol. The van der Waals surface area contributed by atoms with E-state index in [1.165, 1.54) is 11.1 Å². The highest BCUT2D eigenvalue weighted by Gasteiger charge is 2.32. The zero-order valence-electron chi connectivity index (χ0n) is 23.0. The molecule has 1 amide bonds. The fourth-order valence-electron chi connectivity index (χ4n) is 6.32. The number of rotatable bonds is 7. The van der Waals surface area contributed by atoms with E-state index in [0.717, 1.165) is 67.8 Å². The summed E-state index contributed by atoms with van der Waals surface area (Å²) < 4.78 is 7.32. The molecule has 6 heteroatoms. The van der Waals surface area contributed by atoms with Gasteiger partial charge in [-0.15, -0.1) is 0 Å². The van der Waals surface area contributed by atoms with Crippen LogP contribution >= 0.6 is 0 Å². The minimum absolute atomic E-state index is 0.0207. The molecule has 0 unspecified atom stereocenters. The van der Waals surface area contributed by atoms with Crippen LogP contribution in [-0.2, 0) is 4.79 Å². The van der Waals surface area contributed by atoms with Crippen molar-refractivity contribution in [2.45, 2.75) is 77.2 Å². The molecule has 0 saturated heterocycles. The molecule has 0 atom stereocenters. The first-order valence-corrected chi connectivity index (χ1v) is 14.2. The number of aryl methyl sites for hydroxylation is 2. The first kappa shape index (κ1) is 26.5. The second-order valence-electron chi connectivity index (χ2n) is 11.4. The largest absolute Gasteiger partial charge is 0.496 e. The molecule has 2 fully saturated rings. The Kier molecular flexibility index (Phi) is 8.18. The van der Waals surface area contributed by atoms with Crippen molar-refractivity contribution < 1.29 is 14.6 Å². The van der Waals surface area contributed by atoms with E-state index in [9.17, 15) is 9.90 Å². The van der Waals surface area contributed by atoms with Crippen LogP contribution in [0.25, 0.3) is 5.69 Å². The smallest absolute Gasteiger partial charge is 0.230 e. The van der Waals surface area contributed by atoms with Gasteiger partial charge >= 0.3 is 0 Å². The number of carbonyl (C=O) groups is 1. The number of methoxy groups -OCH3 is 1. The standard InChI is InChI=1S/C32H41N3O3/c1-22-19-33-35(20-22)29-6-4-5-28(18-29)34(32(37)26-11-14-30(36)15-12-26)21-24-7-9-25(10-8-24)27-13-16-31(38-3)23(2)17-27/h4-6,13,16-20,24-26,30,36H,7-12,14-15,21H2,1-3H3/t24-,25-,26-,30-. The van der Waals surface area contributed by atoms with Crippen molar-refractivity contribution in [3.8, 4) is 11.4 Å². The van der Waals surface area contributed by atoms with Crippen LogP contribution in [0.2, 0.25) is 0 Å². The van der Waals surface area contributed by atoms with E-state index in [4.69, 9.17) is 4.74 Å². The Bertz CT molecular complexity index is 1240.